The van der Waals surface area contributed by atoms with E-state index in [4.69, 9.17) is 0 Å². The fourth-order valence-corrected chi connectivity index (χ4v) is 3.27. The SMILES string of the molecule is C=CCc1cc(-c2ccccc2)c(CC=C)c(CC=C)c1CC=C. The Labute approximate surface area is 146 Å². The van der Waals surface area contributed by atoms with Crippen molar-refractivity contribution >= 4 is 0 Å². The van der Waals surface area contributed by atoms with Gasteiger partial charge in [-0.05, 0) is 59.1 Å². The predicted molar refractivity (Wildman–Crippen MR) is 107 cm³/mol. The van der Waals surface area contributed by atoms with Gasteiger partial charge in [0.25, 0.3) is 0 Å². The smallest absolute Gasteiger partial charge is 0.00910 e. The van der Waals surface area contributed by atoms with Crippen LogP contribution in [0.5, 0.6) is 0 Å². The number of hydrogen-bond acceptors (Lipinski definition) is 0. The van der Waals surface area contributed by atoms with Crippen LogP contribution in [0.25, 0.3) is 11.1 Å². The van der Waals surface area contributed by atoms with Crippen molar-refractivity contribution in [2.24, 2.45) is 0 Å². The molecule has 0 unspecified atom stereocenters. The highest BCUT2D eigenvalue weighted by Gasteiger charge is 2.16. The molecule has 0 aliphatic rings. The van der Waals surface area contributed by atoms with Crippen molar-refractivity contribution in [1.82, 2.24) is 0 Å². The van der Waals surface area contributed by atoms with Crippen molar-refractivity contribution in [2.45, 2.75) is 25.7 Å². The van der Waals surface area contributed by atoms with Crippen LogP contribution in [0.4, 0.5) is 0 Å². The van der Waals surface area contributed by atoms with Gasteiger partial charge in [-0.15, -0.1) is 26.3 Å². The molecule has 0 saturated carbocycles. The van der Waals surface area contributed by atoms with E-state index in [1.165, 1.54) is 33.4 Å². The van der Waals surface area contributed by atoms with Crippen LogP contribution < -0.4 is 0 Å². The van der Waals surface area contributed by atoms with Crippen molar-refractivity contribution in [3.05, 3.63) is 109 Å². The molecule has 0 spiro atoms. The second-order valence-electron chi connectivity index (χ2n) is 5.86. The summed E-state index contributed by atoms with van der Waals surface area (Å²) in [4.78, 5) is 0. The summed E-state index contributed by atoms with van der Waals surface area (Å²) < 4.78 is 0. The van der Waals surface area contributed by atoms with Gasteiger partial charge in [-0.1, -0.05) is 60.7 Å². The van der Waals surface area contributed by atoms with Gasteiger partial charge in [-0.25, -0.2) is 0 Å². The average Bonchev–Trinajstić information content (AvgIpc) is 2.60. The molecule has 0 atom stereocenters. The van der Waals surface area contributed by atoms with Gasteiger partial charge in [-0.3, -0.25) is 0 Å². The summed E-state index contributed by atoms with van der Waals surface area (Å²) in [6, 6.07) is 12.9. The highest BCUT2D eigenvalue weighted by Crippen LogP contribution is 2.33. The Morgan fingerprint density at radius 3 is 1.75 bits per heavy atom. The summed E-state index contributed by atoms with van der Waals surface area (Å²) >= 11 is 0. The lowest BCUT2D eigenvalue weighted by Crippen LogP contribution is -2.06. The molecule has 0 heteroatoms. The summed E-state index contributed by atoms with van der Waals surface area (Å²) in [6.45, 7) is 15.8. The maximum Gasteiger partial charge on any atom is -0.00910 e. The van der Waals surface area contributed by atoms with E-state index in [0.717, 1.165) is 25.7 Å². The predicted octanol–water partition coefficient (Wildman–Crippen LogP) is 6.27. The quantitative estimate of drug-likeness (QED) is 0.479. The lowest BCUT2D eigenvalue weighted by atomic mass is 9.83. The fraction of sp³-hybridized carbons (Fsp3) is 0.167. The largest absolute Gasteiger partial charge is 0.103 e. The van der Waals surface area contributed by atoms with Crippen molar-refractivity contribution in [3.8, 4) is 11.1 Å². The molecule has 0 amide bonds. The Hall–Kier alpha value is -2.60. The second-order valence-corrected chi connectivity index (χ2v) is 5.86. The lowest BCUT2D eigenvalue weighted by molar-refractivity contribution is 1.05. The molecule has 0 bridgehead atoms. The zero-order valence-electron chi connectivity index (χ0n) is 14.4. The summed E-state index contributed by atoms with van der Waals surface area (Å²) in [5.41, 5.74) is 7.94. The van der Waals surface area contributed by atoms with Crippen molar-refractivity contribution in [2.75, 3.05) is 0 Å². The van der Waals surface area contributed by atoms with Crippen LogP contribution in [0.15, 0.2) is 87.0 Å². The molecule has 0 aliphatic carbocycles. The molecule has 2 rings (SSSR count). The van der Waals surface area contributed by atoms with Crippen LogP contribution in [0.3, 0.4) is 0 Å². The van der Waals surface area contributed by atoms with Crippen molar-refractivity contribution in [1.29, 1.82) is 0 Å². The molecule has 0 fully saturated rings. The van der Waals surface area contributed by atoms with Gasteiger partial charge < -0.3 is 0 Å². The molecular formula is C24H26. The molecule has 0 heterocycles. The topological polar surface area (TPSA) is 0 Å². The van der Waals surface area contributed by atoms with E-state index in [0.29, 0.717) is 0 Å². The number of allylic oxidation sites excluding steroid dienone is 4. The minimum absolute atomic E-state index is 0.853. The zero-order chi connectivity index (χ0) is 17.4. The monoisotopic (exact) mass is 314 g/mol. The Bertz CT molecular complexity index is 732. The van der Waals surface area contributed by atoms with Gasteiger partial charge in [-0.2, -0.15) is 0 Å². The molecule has 0 N–H and O–H groups in total. The van der Waals surface area contributed by atoms with E-state index in [2.05, 4.69) is 62.7 Å². The van der Waals surface area contributed by atoms with Crippen LogP contribution in [0, 0.1) is 0 Å². The molecular weight excluding hydrogens is 288 g/mol. The first-order valence-corrected chi connectivity index (χ1v) is 8.42. The average molecular weight is 314 g/mol. The van der Waals surface area contributed by atoms with E-state index < -0.39 is 0 Å². The van der Waals surface area contributed by atoms with Gasteiger partial charge >= 0.3 is 0 Å². The van der Waals surface area contributed by atoms with Gasteiger partial charge in [0, 0.05) is 0 Å². The van der Waals surface area contributed by atoms with Crippen LogP contribution in [-0.4, -0.2) is 0 Å². The Morgan fingerprint density at radius 2 is 1.17 bits per heavy atom. The molecule has 0 aliphatic heterocycles. The molecule has 2 aromatic carbocycles. The van der Waals surface area contributed by atoms with Crippen molar-refractivity contribution < 1.29 is 0 Å². The number of rotatable bonds is 9. The first-order valence-electron chi connectivity index (χ1n) is 8.42. The standard InChI is InChI=1S/C24H26/c1-5-12-20-18-24(19-16-10-9-11-17-19)23(15-8-4)22(14-7-3)21(20)13-6-2/h5-11,16-18H,1-4,12-15H2. The van der Waals surface area contributed by atoms with E-state index in [1.807, 2.05) is 24.3 Å². The maximum atomic E-state index is 3.96. The lowest BCUT2D eigenvalue weighted by Gasteiger charge is -2.21. The van der Waals surface area contributed by atoms with Crippen LogP contribution in [0.2, 0.25) is 0 Å². The van der Waals surface area contributed by atoms with E-state index in [9.17, 15) is 0 Å². The highest BCUT2D eigenvalue weighted by molar-refractivity contribution is 5.72. The summed E-state index contributed by atoms with van der Waals surface area (Å²) in [5.74, 6) is 0. The Morgan fingerprint density at radius 1 is 0.625 bits per heavy atom. The second kappa shape index (κ2) is 8.88. The first-order chi connectivity index (χ1) is 11.8. The Balaban J connectivity index is 2.81. The third kappa shape index (κ3) is 3.83. The van der Waals surface area contributed by atoms with Crippen molar-refractivity contribution in [3.63, 3.8) is 0 Å². The molecule has 0 nitrogen and oxygen atoms in total. The molecule has 0 saturated heterocycles. The minimum Gasteiger partial charge on any atom is -0.103 e. The van der Waals surface area contributed by atoms with Gasteiger partial charge in [0.15, 0.2) is 0 Å². The highest BCUT2D eigenvalue weighted by atomic mass is 14.2. The minimum atomic E-state index is 0.853. The first kappa shape index (κ1) is 17.7. The fourth-order valence-electron chi connectivity index (χ4n) is 3.27. The van der Waals surface area contributed by atoms with E-state index in [-0.39, 0.29) is 0 Å². The Kier molecular flexibility index (Phi) is 6.57. The normalized spacial score (nSPS) is 10.2. The van der Waals surface area contributed by atoms with Crippen LogP contribution in [-0.2, 0) is 25.7 Å². The third-order valence-corrected chi connectivity index (χ3v) is 4.25. The third-order valence-electron chi connectivity index (χ3n) is 4.25. The van der Waals surface area contributed by atoms with Gasteiger partial charge in [0.05, 0.1) is 0 Å². The van der Waals surface area contributed by atoms with Gasteiger partial charge in [0.2, 0.25) is 0 Å². The number of hydrogen-bond donors (Lipinski definition) is 0. The molecule has 0 aromatic heterocycles. The molecule has 2 aromatic rings. The van der Waals surface area contributed by atoms with E-state index >= 15 is 0 Å². The van der Waals surface area contributed by atoms with E-state index in [1.54, 1.807) is 0 Å². The van der Waals surface area contributed by atoms with Gasteiger partial charge in [0.1, 0.15) is 0 Å². The summed E-state index contributed by atoms with van der Waals surface area (Å²) in [6.07, 6.45) is 11.4. The summed E-state index contributed by atoms with van der Waals surface area (Å²) in [5, 5.41) is 0. The van der Waals surface area contributed by atoms with Crippen LogP contribution >= 0.6 is 0 Å². The maximum absolute atomic E-state index is 3.96. The zero-order valence-corrected chi connectivity index (χ0v) is 14.4. The molecule has 0 radical (unpaired) electrons. The van der Waals surface area contributed by atoms with Crippen LogP contribution in [0.1, 0.15) is 22.3 Å². The number of benzene rings is 2. The summed E-state index contributed by atoms with van der Waals surface area (Å²) in [7, 11) is 0. The molecule has 122 valence electrons. The molecule has 24 heavy (non-hydrogen) atoms.